The van der Waals surface area contributed by atoms with Crippen molar-refractivity contribution in [3.63, 3.8) is 0 Å². The summed E-state index contributed by atoms with van der Waals surface area (Å²) in [6.07, 6.45) is 1.89. The number of rotatable bonds is 6. The molecule has 0 bridgehead atoms. The molecule has 3 rings (SSSR count). The maximum atomic E-state index is 12.8. The van der Waals surface area contributed by atoms with E-state index in [1.54, 1.807) is 11.9 Å². The first-order valence-corrected chi connectivity index (χ1v) is 8.77. The number of halogens is 1. The molecular formula is C20H21ClN2O2. The number of amides is 2. The zero-order chi connectivity index (χ0) is 17.9. The molecule has 2 amide bonds. The van der Waals surface area contributed by atoms with Gasteiger partial charge < -0.3 is 10.2 Å². The van der Waals surface area contributed by atoms with E-state index in [9.17, 15) is 9.59 Å². The zero-order valence-electron chi connectivity index (χ0n) is 14.2. The number of para-hydroxylation sites is 1. The van der Waals surface area contributed by atoms with Crippen LogP contribution in [-0.2, 0) is 16.0 Å². The smallest absolute Gasteiger partial charge is 0.242 e. The predicted octanol–water partition coefficient (Wildman–Crippen LogP) is 3.44. The van der Waals surface area contributed by atoms with Gasteiger partial charge in [-0.2, -0.15) is 0 Å². The Balaban J connectivity index is 1.58. The molecule has 0 atom stereocenters. The van der Waals surface area contributed by atoms with Gasteiger partial charge in [-0.3, -0.25) is 9.59 Å². The summed E-state index contributed by atoms with van der Waals surface area (Å²) in [6.45, 7) is 0.489. The van der Waals surface area contributed by atoms with Crippen molar-refractivity contribution in [1.82, 2.24) is 5.32 Å². The molecule has 1 saturated carbocycles. The van der Waals surface area contributed by atoms with Crippen LogP contribution in [0.2, 0.25) is 5.02 Å². The summed E-state index contributed by atoms with van der Waals surface area (Å²) in [5, 5.41) is 3.59. The Morgan fingerprint density at radius 3 is 2.48 bits per heavy atom. The molecule has 5 heteroatoms. The number of benzene rings is 2. The Kier molecular flexibility index (Phi) is 5.09. The molecule has 1 fully saturated rings. The van der Waals surface area contributed by atoms with Crippen LogP contribution in [0, 0.1) is 5.41 Å². The van der Waals surface area contributed by atoms with Crippen LogP contribution >= 0.6 is 11.6 Å². The van der Waals surface area contributed by atoms with E-state index in [1.807, 2.05) is 54.6 Å². The van der Waals surface area contributed by atoms with Crippen LogP contribution in [-0.4, -0.2) is 25.4 Å². The van der Waals surface area contributed by atoms with E-state index in [0.29, 0.717) is 30.8 Å². The summed E-state index contributed by atoms with van der Waals surface area (Å²) < 4.78 is 0. The third-order valence-electron chi connectivity index (χ3n) is 4.63. The minimum Gasteiger partial charge on any atom is -0.355 e. The maximum absolute atomic E-state index is 12.8. The molecule has 0 unspecified atom stereocenters. The third kappa shape index (κ3) is 3.85. The van der Waals surface area contributed by atoms with Gasteiger partial charge in [-0.25, -0.2) is 0 Å². The molecule has 0 saturated heterocycles. The van der Waals surface area contributed by atoms with Gasteiger partial charge >= 0.3 is 0 Å². The van der Waals surface area contributed by atoms with Crippen molar-refractivity contribution in [3.8, 4) is 0 Å². The van der Waals surface area contributed by atoms with Crippen molar-refractivity contribution >= 4 is 29.1 Å². The lowest BCUT2D eigenvalue weighted by atomic mass is 10.0. The first-order chi connectivity index (χ1) is 12.0. The fraction of sp³-hybridized carbons (Fsp3) is 0.300. The number of carbonyl (C=O) groups excluding carboxylic acids is 2. The summed E-state index contributed by atoms with van der Waals surface area (Å²) in [4.78, 5) is 26.9. The molecular weight excluding hydrogens is 336 g/mol. The minimum atomic E-state index is -0.904. The topological polar surface area (TPSA) is 49.4 Å². The standard InChI is InChI=1S/C20H21ClN2O2/c1-23(17-8-3-2-4-9-17)19(25)20(11-12-20)18(24)22-13-10-15-6-5-7-16(21)14-15/h2-9,14H,10-13H2,1H3,(H,22,24). The van der Waals surface area contributed by atoms with Gasteiger partial charge in [0, 0.05) is 24.3 Å². The molecule has 0 aliphatic heterocycles. The van der Waals surface area contributed by atoms with Crippen LogP contribution < -0.4 is 10.2 Å². The summed E-state index contributed by atoms with van der Waals surface area (Å²) >= 11 is 5.97. The van der Waals surface area contributed by atoms with Crippen LogP contribution in [0.3, 0.4) is 0 Å². The molecule has 1 N–H and O–H groups in total. The Hall–Kier alpha value is -2.33. The second-order valence-electron chi connectivity index (χ2n) is 6.42. The van der Waals surface area contributed by atoms with Crippen molar-refractivity contribution in [3.05, 3.63) is 65.2 Å². The summed E-state index contributed by atoms with van der Waals surface area (Å²) in [5.41, 5.74) is 0.953. The van der Waals surface area contributed by atoms with Gasteiger partial charge in [0.15, 0.2) is 0 Å². The van der Waals surface area contributed by atoms with Crippen LogP contribution in [0.15, 0.2) is 54.6 Å². The van der Waals surface area contributed by atoms with Gasteiger partial charge in [0.25, 0.3) is 0 Å². The van der Waals surface area contributed by atoms with E-state index in [-0.39, 0.29) is 11.8 Å². The van der Waals surface area contributed by atoms with Gasteiger partial charge in [-0.1, -0.05) is 41.9 Å². The van der Waals surface area contributed by atoms with Crippen molar-refractivity contribution in [2.75, 3.05) is 18.5 Å². The lowest BCUT2D eigenvalue weighted by Gasteiger charge is -2.23. The molecule has 1 aliphatic carbocycles. The van der Waals surface area contributed by atoms with Crippen molar-refractivity contribution in [2.24, 2.45) is 5.41 Å². The highest BCUT2D eigenvalue weighted by Crippen LogP contribution is 2.47. The Labute approximate surface area is 152 Å². The van der Waals surface area contributed by atoms with Gasteiger partial charge in [-0.05, 0) is 49.1 Å². The molecule has 0 heterocycles. The van der Waals surface area contributed by atoms with Crippen LogP contribution in [0.4, 0.5) is 5.69 Å². The highest BCUT2D eigenvalue weighted by atomic mass is 35.5. The molecule has 130 valence electrons. The second-order valence-corrected chi connectivity index (χ2v) is 6.85. The van der Waals surface area contributed by atoms with Crippen molar-refractivity contribution in [1.29, 1.82) is 0 Å². The zero-order valence-corrected chi connectivity index (χ0v) is 14.9. The van der Waals surface area contributed by atoms with Crippen LogP contribution in [0.25, 0.3) is 0 Å². The van der Waals surface area contributed by atoms with Gasteiger partial charge in [0.2, 0.25) is 11.8 Å². The first kappa shape index (κ1) is 17.5. The Morgan fingerprint density at radius 1 is 1.12 bits per heavy atom. The normalized spacial score (nSPS) is 14.6. The lowest BCUT2D eigenvalue weighted by molar-refractivity contribution is -0.135. The molecule has 0 radical (unpaired) electrons. The number of nitrogens with one attached hydrogen (secondary N) is 1. The fourth-order valence-corrected chi connectivity index (χ4v) is 3.15. The average Bonchev–Trinajstić information content (AvgIpc) is 3.43. The molecule has 2 aromatic carbocycles. The SMILES string of the molecule is CN(C(=O)C1(C(=O)NCCc2cccc(Cl)c2)CC1)c1ccccc1. The van der Waals surface area contributed by atoms with E-state index < -0.39 is 5.41 Å². The molecule has 25 heavy (non-hydrogen) atoms. The quantitative estimate of drug-likeness (QED) is 0.806. The first-order valence-electron chi connectivity index (χ1n) is 8.39. The van der Waals surface area contributed by atoms with Gasteiger partial charge in [0.1, 0.15) is 5.41 Å². The van der Waals surface area contributed by atoms with E-state index in [1.165, 1.54) is 0 Å². The fourth-order valence-electron chi connectivity index (χ4n) is 2.93. The largest absolute Gasteiger partial charge is 0.355 e. The number of nitrogens with zero attached hydrogens (tertiary/aromatic N) is 1. The van der Waals surface area contributed by atoms with Gasteiger partial charge in [-0.15, -0.1) is 0 Å². The van der Waals surface area contributed by atoms with Crippen molar-refractivity contribution in [2.45, 2.75) is 19.3 Å². The number of hydrogen-bond acceptors (Lipinski definition) is 2. The molecule has 1 aliphatic rings. The monoisotopic (exact) mass is 356 g/mol. The minimum absolute atomic E-state index is 0.140. The van der Waals surface area contributed by atoms with E-state index >= 15 is 0 Å². The number of anilines is 1. The van der Waals surface area contributed by atoms with Crippen molar-refractivity contribution < 1.29 is 9.59 Å². The highest BCUT2D eigenvalue weighted by Gasteiger charge is 2.57. The average molecular weight is 357 g/mol. The van der Waals surface area contributed by atoms with Crippen LogP contribution in [0.1, 0.15) is 18.4 Å². The molecule has 0 aromatic heterocycles. The number of carbonyl (C=O) groups is 2. The molecule has 4 nitrogen and oxygen atoms in total. The van der Waals surface area contributed by atoms with Crippen LogP contribution in [0.5, 0.6) is 0 Å². The summed E-state index contributed by atoms with van der Waals surface area (Å²) in [6, 6.07) is 17.0. The van der Waals surface area contributed by atoms with Gasteiger partial charge in [0.05, 0.1) is 0 Å². The Bertz CT molecular complexity index is 772. The van der Waals surface area contributed by atoms with E-state index in [2.05, 4.69) is 5.32 Å². The van der Waals surface area contributed by atoms with E-state index in [4.69, 9.17) is 11.6 Å². The molecule has 2 aromatic rings. The van der Waals surface area contributed by atoms with E-state index in [0.717, 1.165) is 11.3 Å². The molecule has 0 spiro atoms. The maximum Gasteiger partial charge on any atom is 0.242 e. The Morgan fingerprint density at radius 2 is 1.84 bits per heavy atom. The predicted molar refractivity (Wildman–Crippen MR) is 99.7 cm³/mol. The summed E-state index contributed by atoms with van der Waals surface area (Å²) in [5.74, 6) is -0.318. The summed E-state index contributed by atoms with van der Waals surface area (Å²) in [7, 11) is 1.72. The highest BCUT2D eigenvalue weighted by molar-refractivity contribution is 6.30. The second kappa shape index (κ2) is 7.28. The number of hydrogen-bond donors (Lipinski definition) is 1. The third-order valence-corrected chi connectivity index (χ3v) is 4.87. The lowest BCUT2D eigenvalue weighted by Crippen LogP contribution is -2.44.